The lowest BCUT2D eigenvalue weighted by atomic mass is 9.93. The normalized spacial score (nSPS) is 18.6. The molecular weight excluding hydrogens is 564 g/mol. The number of aromatic nitrogens is 3. The Bertz CT molecular complexity index is 1400. The SMILES string of the molecule is C[C@@H]1C[C@H]1CNc1cc(-c2nnc([C@@](C)(Cc3ccccc3)NC(=O)O)o2)c(Br)c(N(C)S(C)(=O)=O)n1. The number of hydrogen-bond donors (Lipinski definition) is 3. The van der Waals surface area contributed by atoms with Crippen molar-refractivity contribution in [3.8, 4) is 11.5 Å². The van der Waals surface area contributed by atoms with Crippen LogP contribution in [-0.4, -0.2) is 54.6 Å². The van der Waals surface area contributed by atoms with E-state index in [-0.39, 0.29) is 24.0 Å². The molecular formula is C24H29BrN6O5S. The van der Waals surface area contributed by atoms with Crippen molar-refractivity contribution in [3.63, 3.8) is 0 Å². The van der Waals surface area contributed by atoms with Gasteiger partial charge in [-0.15, -0.1) is 10.2 Å². The number of halogens is 1. The molecule has 3 atom stereocenters. The largest absolute Gasteiger partial charge is 0.465 e. The van der Waals surface area contributed by atoms with Gasteiger partial charge in [-0.3, -0.25) is 4.31 Å². The van der Waals surface area contributed by atoms with Crippen molar-refractivity contribution in [2.45, 2.75) is 32.2 Å². The van der Waals surface area contributed by atoms with Crippen LogP contribution in [0, 0.1) is 11.8 Å². The first-order valence-corrected chi connectivity index (χ1v) is 14.3. The van der Waals surface area contributed by atoms with E-state index < -0.39 is 21.7 Å². The van der Waals surface area contributed by atoms with E-state index >= 15 is 0 Å². The number of rotatable bonds is 10. The highest BCUT2D eigenvalue weighted by Gasteiger charge is 2.36. The highest BCUT2D eigenvalue weighted by molar-refractivity contribution is 9.10. The first kappa shape index (κ1) is 26.9. The maximum atomic E-state index is 12.3. The standard InChI is InChI=1S/C24H29BrN6O5S/c1-14-10-16(14)13-26-18-11-17(19(25)20(27-18)31(3)37(4,34)35)21-29-30-22(36-21)24(2,28-23(32)33)12-15-8-6-5-7-9-15/h5-9,11,14,16,28H,10,12-13H2,1-4H3,(H,26,27)(H,32,33)/t14-,16+,24-/m1/s1. The Balaban J connectivity index is 1.74. The van der Waals surface area contributed by atoms with Gasteiger partial charge in [0.25, 0.3) is 0 Å². The van der Waals surface area contributed by atoms with E-state index in [1.807, 2.05) is 30.3 Å². The van der Waals surface area contributed by atoms with Gasteiger partial charge in [0, 0.05) is 20.0 Å². The Morgan fingerprint density at radius 3 is 2.57 bits per heavy atom. The lowest BCUT2D eigenvalue weighted by Crippen LogP contribution is -2.44. The summed E-state index contributed by atoms with van der Waals surface area (Å²) < 4.78 is 32.0. The van der Waals surface area contributed by atoms with E-state index in [0.717, 1.165) is 22.5 Å². The van der Waals surface area contributed by atoms with Crippen LogP contribution in [0.3, 0.4) is 0 Å². The molecule has 11 nitrogen and oxygen atoms in total. The van der Waals surface area contributed by atoms with Crippen LogP contribution < -0.4 is 14.9 Å². The minimum absolute atomic E-state index is 0.0665. The molecule has 0 aliphatic heterocycles. The number of nitrogens with zero attached hydrogens (tertiary/aromatic N) is 4. The number of carbonyl (C=O) groups is 1. The Morgan fingerprint density at radius 1 is 1.30 bits per heavy atom. The van der Waals surface area contributed by atoms with Crippen molar-refractivity contribution in [3.05, 3.63) is 52.3 Å². The summed E-state index contributed by atoms with van der Waals surface area (Å²) in [5, 5.41) is 23.6. The van der Waals surface area contributed by atoms with Gasteiger partial charge in [0.1, 0.15) is 11.4 Å². The van der Waals surface area contributed by atoms with Crippen molar-refractivity contribution in [1.29, 1.82) is 0 Å². The van der Waals surface area contributed by atoms with Crippen molar-refractivity contribution < 1.29 is 22.7 Å². The summed E-state index contributed by atoms with van der Waals surface area (Å²) in [5.74, 6) is 1.92. The first-order chi connectivity index (χ1) is 17.4. The summed E-state index contributed by atoms with van der Waals surface area (Å²) in [4.78, 5) is 16.1. The van der Waals surface area contributed by atoms with Gasteiger partial charge in [-0.25, -0.2) is 18.2 Å². The fourth-order valence-corrected chi connectivity index (χ4v) is 5.22. The van der Waals surface area contributed by atoms with E-state index in [0.29, 0.717) is 34.2 Å². The van der Waals surface area contributed by atoms with Crippen molar-refractivity contribution >= 4 is 43.7 Å². The summed E-state index contributed by atoms with van der Waals surface area (Å²) in [6, 6.07) is 11.1. The lowest BCUT2D eigenvalue weighted by Gasteiger charge is -2.25. The molecule has 0 spiro atoms. The van der Waals surface area contributed by atoms with Gasteiger partial charge in [0.15, 0.2) is 5.82 Å². The summed E-state index contributed by atoms with van der Waals surface area (Å²) in [7, 11) is -2.21. The molecule has 0 bridgehead atoms. The molecule has 3 N–H and O–H groups in total. The predicted octanol–water partition coefficient (Wildman–Crippen LogP) is 4.08. The molecule has 0 radical (unpaired) electrons. The Kier molecular flexibility index (Phi) is 7.47. The van der Waals surface area contributed by atoms with Crippen LogP contribution in [0.5, 0.6) is 0 Å². The maximum Gasteiger partial charge on any atom is 0.405 e. The van der Waals surface area contributed by atoms with Crippen LogP contribution >= 0.6 is 15.9 Å². The molecule has 13 heteroatoms. The summed E-state index contributed by atoms with van der Waals surface area (Å²) in [5.41, 5.74) is 0.0810. The number of benzene rings is 1. The molecule has 2 heterocycles. The van der Waals surface area contributed by atoms with Gasteiger partial charge in [-0.05, 0) is 52.7 Å². The van der Waals surface area contributed by atoms with Gasteiger partial charge in [0.2, 0.25) is 21.8 Å². The maximum absolute atomic E-state index is 12.3. The number of nitrogens with one attached hydrogen (secondary N) is 2. The number of sulfonamides is 1. The fourth-order valence-electron chi connectivity index (χ4n) is 4.02. The first-order valence-electron chi connectivity index (χ1n) is 11.6. The number of carboxylic acid groups (broad SMARTS) is 1. The van der Waals surface area contributed by atoms with Crippen molar-refractivity contribution in [2.75, 3.05) is 29.5 Å². The monoisotopic (exact) mass is 592 g/mol. The average molecular weight is 594 g/mol. The molecule has 3 aromatic rings. The van der Waals surface area contributed by atoms with Gasteiger partial charge in [-0.2, -0.15) is 0 Å². The molecule has 1 aliphatic carbocycles. The summed E-state index contributed by atoms with van der Waals surface area (Å²) in [6.45, 7) is 4.54. The lowest BCUT2D eigenvalue weighted by molar-refractivity contribution is 0.172. The van der Waals surface area contributed by atoms with Crippen LogP contribution in [0.2, 0.25) is 0 Å². The van der Waals surface area contributed by atoms with Gasteiger partial charge in [0.05, 0.1) is 16.3 Å². The van der Waals surface area contributed by atoms with Crippen LogP contribution in [0.15, 0.2) is 45.3 Å². The molecule has 2 aromatic heterocycles. The summed E-state index contributed by atoms with van der Waals surface area (Å²) in [6.07, 6.45) is 1.25. The van der Waals surface area contributed by atoms with Crippen LogP contribution in [0.25, 0.3) is 11.5 Å². The molecule has 198 valence electrons. The van der Waals surface area contributed by atoms with E-state index in [9.17, 15) is 18.3 Å². The van der Waals surface area contributed by atoms with Gasteiger partial charge < -0.3 is 20.2 Å². The predicted molar refractivity (Wildman–Crippen MR) is 143 cm³/mol. The third kappa shape index (κ3) is 6.21. The van der Waals surface area contributed by atoms with Crippen LogP contribution in [-0.2, 0) is 22.0 Å². The second-order valence-corrected chi connectivity index (χ2v) is 12.4. The average Bonchev–Trinajstić information content (AvgIpc) is 3.30. The van der Waals surface area contributed by atoms with Crippen molar-refractivity contribution in [1.82, 2.24) is 20.5 Å². The van der Waals surface area contributed by atoms with Gasteiger partial charge >= 0.3 is 6.09 Å². The van der Waals surface area contributed by atoms with Crippen LogP contribution in [0.4, 0.5) is 16.4 Å². The molecule has 1 aliphatic rings. The third-order valence-corrected chi connectivity index (χ3v) is 8.42. The molecule has 4 rings (SSSR count). The minimum Gasteiger partial charge on any atom is -0.465 e. The zero-order valence-corrected chi connectivity index (χ0v) is 23.3. The van der Waals surface area contributed by atoms with E-state index in [4.69, 9.17) is 4.42 Å². The fraction of sp³-hybridized carbons (Fsp3) is 0.417. The molecule has 0 saturated heterocycles. The van der Waals surface area contributed by atoms with E-state index in [1.54, 1.807) is 13.0 Å². The zero-order valence-electron chi connectivity index (χ0n) is 20.9. The van der Waals surface area contributed by atoms with Crippen LogP contribution in [0.1, 0.15) is 31.7 Å². The molecule has 1 fully saturated rings. The number of amides is 1. The number of anilines is 2. The Morgan fingerprint density at radius 2 is 1.97 bits per heavy atom. The number of hydrogen-bond acceptors (Lipinski definition) is 8. The van der Waals surface area contributed by atoms with E-state index in [1.165, 1.54) is 7.05 Å². The smallest absolute Gasteiger partial charge is 0.405 e. The third-order valence-electron chi connectivity index (χ3n) is 6.47. The zero-order chi connectivity index (χ0) is 27.0. The van der Waals surface area contributed by atoms with Crippen molar-refractivity contribution in [2.24, 2.45) is 11.8 Å². The second-order valence-electron chi connectivity index (χ2n) is 9.61. The van der Waals surface area contributed by atoms with E-state index in [2.05, 4.69) is 48.7 Å². The Labute approximate surface area is 223 Å². The molecule has 37 heavy (non-hydrogen) atoms. The topological polar surface area (TPSA) is 151 Å². The second kappa shape index (κ2) is 10.3. The highest BCUT2D eigenvalue weighted by atomic mass is 79.9. The molecule has 0 unspecified atom stereocenters. The van der Waals surface area contributed by atoms with Gasteiger partial charge in [-0.1, -0.05) is 37.3 Å². The number of pyridine rings is 1. The Hall–Kier alpha value is -3.19. The highest BCUT2D eigenvalue weighted by Crippen LogP contribution is 2.40. The molecule has 1 aromatic carbocycles. The summed E-state index contributed by atoms with van der Waals surface area (Å²) >= 11 is 3.47. The molecule has 1 saturated carbocycles. The molecule has 1 amide bonds. The quantitative estimate of drug-likeness (QED) is 0.316. The minimum atomic E-state index is -3.62.